The van der Waals surface area contributed by atoms with Crippen LogP contribution in [0.25, 0.3) is 0 Å². The minimum atomic E-state index is -0.143. The van der Waals surface area contributed by atoms with Crippen molar-refractivity contribution in [2.75, 3.05) is 0 Å². The summed E-state index contributed by atoms with van der Waals surface area (Å²) in [7, 11) is 0. The molecule has 1 aliphatic rings. The normalized spacial score (nSPS) is 29.4. The number of carbonyl (C=O) groups excluding carboxylic acids is 1. The van der Waals surface area contributed by atoms with Gasteiger partial charge in [-0.3, -0.25) is 0 Å². The fourth-order valence-electron chi connectivity index (χ4n) is 2.14. The maximum Gasteiger partial charge on any atom is 0.333 e. The Bertz CT molecular complexity index is 243. The van der Waals surface area contributed by atoms with Gasteiger partial charge in [0.2, 0.25) is 0 Å². The maximum atomic E-state index is 11.4. The summed E-state index contributed by atoms with van der Waals surface area (Å²) in [6.07, 6.45) is 4.37. The quantitative estimate of drug-likeness (QED) is 0.649. The lowest BCUT2D eigenvalue weighted by molar-refractivity contribution is -0.150. The molecule has 80 valence electrons. The van der Waals surface area contributed by atoms with Crippen LogP contribution in [0.1, 0.15) is 40.5 Å². The van der Waals surface area contributed by atoms with Gasteiger partial charge in [-0.2, -0.15) is 0 Å². The van der Waals surface area contributed by atoms with E-state index in [2.05, 4.69) is 20.8 Å². The third kappa shape index (κ3) is 2.37. The topological polar surface area (TPSA) is 26.3 Å². The number of rotatable bonds is 3. The van der Waals surface area contributed by atoms with E-state index in [1.807, 2.05) is 13.0 Å². The minimum absolute atomic E-state index is 0.0751. The Morgan fingerprint density at radius 3 is 2.79 bits per heavy atom. The fourth-order valence-corrected chi connectivity index (χ4v) is 2.14. The number of cyclic esters (lactones) is 1. The van der Waals surface area contributed by atoms with E-state index in [1.54, 1.807) is 0 Å². The second-order valence-corrected chi connectivity index (χ2v) is 4.34. The van der Waals surface area contributed by atoms with Crippen molar-refractivity contribution >= 4 is 5.97 Å². The summed E-state index contributed by atoms with van der Waals surface area (Å²) in [4.78, 5) is 11.4. The van der Waals surface area contributed by atoms with Gasteiger partial charge in [-0.05, 0) is 19.3 Å². The molecule has 1 heterocycles. The van der Waals surface area contributed by atoms with E-state index >= 15 is 0 Å². The van der Waals surface area contributed by atoms with Gasteiger partial charge < -0.3 is 4.74 Å². The summed E-state index contributed by atoms with van der Waals surface area (Å²) in [6.45, 7) is 8.26. The van der Waals surface area contributed by atoms with E-state index in [9.17, 15) is 4.79 Å². The number of hydrogen-bond acceptors (Lipinski definition) is 2. The molecule has 0 saturated heterocycles. The number of esters is 1. The van der Waals surface area contributed by atoms with E-state index in [4.69, 9.17) is 4.74 Å². The van der Waals surface area contributed by atoms with Gasteiger partial charge in [-0.25, -0.2) is 4.79 Å². The summed E-state index contributed by atoms with van der Waals surface area (Å²) >= 11 is 0. The van der Waals surface area contributed by atoms with Crippen molar-refractivity contribution in [1.29, 1.82) is 0 Å². The molecule has 0 unspecified atom stereocenters. The van der Waals surface area contributed by atoms with E-state index in [0.717, 1.165) is 18.4 Å². The monoisotopic (exact) mass is 196 g/mol. The van der Waals surface area contributed by atoms with Crippen molar-refractivity contribution in [3.05, 3.63) is 11.6 Å². The molecular formula is C12H20O2. The first-order valence-electron chi connectivity index (χ1n) is 5.45. The average Bonchev–Trinajstić information content (AvgIpc) is 2.11. The standard InChI is InChI=1S/C12H20O2/c1-5-6-8(2)11-9(3)7-10(4)12(13)14-11/h7-9,11H,5-6H2,1-4H3/t8-,9+,11-/m1/s1. The molecule has 2 nitrogen and oxygen atoms in total. The number of ether oxygens (including phenoxy) is 1. The molecule has 1 aliphatic heterocycles. The summed E-state index contributed by atoms with van der Waals surface area (Å²) in [5.41, 5.74) is 0.748. The van der Waals surface area contributed by atoms with Crippen LogP contribution in [0.5, 0.6) is 0 Å². The van der Waals surface area contributed by atoms with Crippen LogP contribution in [-0.4, -0.2) is 12.1 Å². The Balaban J connectivity index is 2.68. The SMILES string of the molecule is CCC[C@@H](C)[C@H]1OC(=O)C(C)=C[C@@H]1C. The van der Waals surface area contributed by atoms with Crippen LogP contribution >= 0.6 is 0 Å². The first-order valence-corrected chi connectivity index (χ1v) is 5.45. The summed E-state index contributed by atoms with van der Waals surface area (Å²) in [5, 5.41) is 0. The van der Waals surface area contributed by atoms with Gasteiger partial charge in [0.15, 0.2) is 0 Å². The first-order chi connectivity index (χ1) is 6.56. The minimum Gasteiger partial charge on any atom is -0.458 e. The van der Waals surface area contributed by atoms with Crippen LogP contribution in [0.4, 0.5) is 0 Å². The molecule has 0 bridgehead atoms. The Labute approximate surface area is 86.3 Å². The van der Waals surface area contributed by atoms with E-state index in [0.29, 0.717) is 11.8 Å². The molecule has 0 aromatic heterocycles. The second kappa shape index (κ2) is 4.63. The van der Waals surface area contributed by atoms with Crippen LogP contribution in [0, 0.1) is 11.8 Å². The van der Waals surface area contributed by atoms with Crippen LogP contribution in [0.15, 0.2) is 11.6 Å². The molecule has 0 N–H and O–H groups in total. The zero-order chi connectivity index (χ0) is 10.7. The Hall–Kier alpha value is -0.790. The number of hydrogen-bond donors (Lipinski definition) is 0. The molecule has 3 atom stereocenters. The number of carbonyl (C=O) groups is 1. The van der Waals surface area contributed by atoms with Gasteiger partial charge in [-0.15, -0.1) is 0 Å². The lowest BCUT2D eigenvalue weighted by Gasteiger charge is -2.31. The zero-order valence-corrected chi connectivity index (χ0v) is 9.54. The van der Waals surface area contributed by atoms with Crippen molar-refractivity contribution in [3.8, 4) is 0 Å². The lowest BCUT2D eigenvalue weighted by Crippen LogP contribution is -2.34. The first kappa shape index (κ1) is 11.3. The molecule has 14 heavy (non-hydrogen) atoms. The zero-order valence-electron chi connectivity index (χ0n) is 9.54. The van der Waals surface area contributed by atoms with Gasteiger partial charge in [0, 0.05) is 11.5 Å². The lowest BCUT2D eigenvalue weighted by atomic mass is 9.87. The van der Waals surface area contributed by atoms with Crippen molar-refractivity contribution < 1.29 is 9.53 Å². The van der Waals surface area contributed by atoms with E-state index in [-0.39, 0.29) is 12.1 Å². The smallest absolute Gasteiger partial charge is 0.333 e. The average molecular weight is 196 g/mol. The molecule has 0 amide bonds. The van der Waals surface area contributed by atoms with E-state index < -0.39 is 0 Å². The molecular weight excluding hydrogens is 176 g/mol. The third-order valence-corrected chi connectivity index (χ3v) is 2.90. The Morgan fingerprint density at radius 2 is 2.21 bits per heavy atom. The van der Waals surface area contributed by atoms with Crippen molar-refractivity contribution in [2.24, 2.45) is 11.8 Å². The maximum absolute atomic E-state index is 11.4. The van der Waals surface area contributed by atoms with Gasteiger partial charge in [0.25, 0.3) is 0 Å². The third-order valence-electron chi connectivity index (χ3n) is 2.90. The second-order valence-electron chi connectivity index (χ2n) is 4.34. The summed E-state index contributed by atoms with van der Waals surface area (Å²) in [6, 6.07) is 0. The van der Waals surface area contributed by atoms with Crippen LogP contribution in [0.3, 0.4) is 0 Å². The van der Waals surface area contributed by atoms with Crippen LogP contribution in [-0.2, 0) is 9.53 Å². The van der Waals surface area contributed by atoms with Crippen LogP contribution in [0.2, 0.25) is 0 Å². The van der Waals surface area contributed by atoms with E-state index in [1.165, 1.54) is 0 Å². The largest absolute Gasteiger partial charge is 0.458 e. The van der Waals surface area contributed by atoms with Crippen LogP contribution < -0.4 is 0 Å². The molecule has 0 saturated carbocycles. The highest BCUT2D eigenvalue weighted by Crippen LogP contribution is 2.27. The molecule has 2 heteroatoms. The highest BCUT2D eigenvalue weighted by molar-refractivity contribution is 5.88. The molecule has 0 spiro atoms. The van der Waals surface area contributed by atoms with Crippen molar-refractivity contribution in [3.63, 3.8) is 0 Å². The van der Waals surface area contributed by atoms with Gasteiger partial charge >= 0.3 is 5.97 Å². The predicted molar refractivity (Wildman–Crippen MR) is 56.9 cm³/mol. The fraction of sp³-hybridized carbons (Fsp3) is 0.750. The summed E-state index contributed by atoms with van der Waals surface area (Å²) in [5.74, 6) is 0.675. The van der Waals surface area contributed by atoms with Gasteiger partial charge in [-0.1, -0.05) is 33.3 Å². The Morgan fingerprint density at radius 1 is 1.57 bits per heavy atom. The molecule has 0 aromatic carbocycles. The molecule has 0 aliphatic carbocycles. The highest BCUT2D eigenvalue weighted by atomic mass is 16.5. The molecule has 1 rings (SSSR count). The summed E-state index contributed by atoms with van der Waals surface area (Å²) < 4.78 is 5.42. The van der Waals surface area contributed by atoms with Gasteiger partial charge in [0.1, 0.15) is 6.10 Å². The van der Waals surface area contributed by atoms with Crippen molar-refractivity contribution in [2.45, 2.75) is 46.6 Å². The van der Waals surface area contributed by atoms with Gasteiger partial charge in [0.05, 0.1) is 0 Å². The Kier molecular flexibility index (Phi) is 3.73. The highest BCUT2D eigenvalue weighted by Gasteiger charge is 2.30. The predicted octanol–water partition coefficient (Wildman–Crippen LogP) is 2.93. The molecule has 0 radical (unpaired) electrons. The molecule has 0 aromatic rings. The van der Waals surface area contributed by atoms with Crippen molar-refractivity contribution in [1.82, 2.24) is 0 Å². The molecule has 0 fully saturated rings.